The van der Waals surface area contributed by atoms with Crippen LogP contribution in [0.2, 0.25) is 0 Å². The number of hydrogen-bond donors (Lipinski definition) is 2. The molecule has 0 spiro atoms. The predicted molar refractivity (Wildman–Crippen MR) is 118 cm³/mol. The van der Waals surface area contributed by atoms with Gasteiger partial charge in [-0.2, -0.15) is 0 Å². The molecular weight excluding hydrogens is 382 g/mol. The number of aliphatic carboxylic acids is 1. The molecule has 0 saturated carbocycles. The van der Waals surface area contributed by atoms with Gasteiger partial charge in [0.2, 0.25) is 5.91 Å². The van der Waals surface area contributed by atoms with Crippen molar-refractivity contribution < 1.29 is 19.1 Å². The minimum absolute atomic E-state index is 0.146. The van der Waals surface area contributed by atoms with Gasteiger partial charge in [-0.25, -0.2) is 0 Å². The minimum atomic E-state index is -0.720. The number of rotatable bonds is 13. The number of carbonyl (C=O) groups excluding carboxylic acids is 1. The van der Waals surface area contributed by atoms with Gasteiger partial charge < -0.3 is 14.8 Å². The number of carboxylic acids is 1. The summed E-state index contributed by atoms with van der Waals surface area (Å²) in [6.07, 6.45) is 12.7. The van der Waals surface area contributed by atoms with E-state index in [0.717, 1.165) is 56.9 Å². The molecule has 0 aliphatic rings. The average Bonchev–Trinajstić information content (AvgIpc) is 2.71. The number of amides is 1. The molecule has 2 aromatic rings. The molecule has 1 aromatic heterocycles. The maximum atomic E-state index is 12.5. The van der Waals surface area contributed by atoms with Gasteiger partial charge in [0.1, 0.15) is 11.8 Å². The fraction of sp³-hybridized carbons (Fsp3) is 0.458. The highest BCUT2D eigenvalue weighted by molar-refractivity contribution is 5.92. The first-order valence-corrected chi connectivity index (χ1v) is 10.7. The monoisotopic (exact) mass is 413 g/mol. The van der Waals surface area contributed by atoms with Crippen molar-refractivity contribution in [1.29, 1.82) is 0 Å². The molecule has 0 saturated heterocycles. The summed E-state index contributed by atoms with van der Waals surface area (Å²) in [5.74, 6) is -0.945. The van der Waals surface area contributed by atoms with Gasteiger partial charge in [0.25, 0.3) is 0 Å². The van der Waals surface area contributed by atoms with Crippen LogP contribution in [0.1, 0.15) is 68.9 Å². The Balaban J connectivity index is 1.62. The van der Waals surface area contributed by atoms with Crippen LogP contribution in [0.15, 0.2) is 39.7 Å². The van der Waals surface area contributed by atoms with Crippen molar-refractivity contribution >= 4 is 28.9 Å². The summed E-state index contributed by atoms with van der Waals surface area (Å²) in [6, 6.07) is 5.44. The molecule has 6 heteroatoms. The summed E-state index contributed by atoms with van der Waals surface area (Å²) in [5.41, 5.74) is 1.72. The van der Waals surface area contributed by atoms with Crippen molar-refractivity contribution in [3.05, 3.63) is 51.9 Å². The highest BCUT2D eigenvalue weighted by Gasteiger charge is 2.05. The zero-order chi connectivity index (χ0) is 21.8. The first-order valence-electron chi connectivity index (χ1n) is 10.7. The van der Waals surface area contributed by atoms with Crippen LogP contribution >= 0.6 is 0 Å². The third-order valence-electron chi connectivity index (χ3n) is 4.99. The fourth-order valence-electron chi connectivity index (χ4n) is 3.27. The average molecular weight is 414 g/mol. The Labute approximate surface area is 177 Å². The van der Waals surface area contributed by atoms with Crippen molar-refractivity contribution in [1.82, 2.24) is 5.32 Å². The number of aryl methyl sites for hydroxylation is 1. The first-order chi connectivity index (χ1) is 14.5. The molecule has 0 unspecified atom stereocenters. The van der Waals surface area contributed by atoms with E-state index < -0.39 is 5.97 Å². The van der Waals surface area contributed by atoms with E-state index in [2.05, 4.69) is 5.32 Å². The minimum Gasteiger partial charge on any atom is -0.481 e. The van der Waals surface area contributed by atoms with Gasteiger partial charge in [0.15, 0.2) is 5.43 Å². The number of benzene rings is 1. The van der Waals surface area contributed by atoms with Crippen molar-refractivity contribution in [3.63, 3.8) is 0 Å². The molecule has 0 atom stereocenters. The second-order valence-electron chi connectivity index (χ2n) is 7.62. The molecule has 30 heavy (non-hydrogen) atoms. The van der Waals surface area contributed by atoms with Crippen molar-refractivity contribution in [2.24, 2.45) is 0 Å². The normalized spacial score (nSPS) is 11.2. The molecule has 0 aliphatic heterocycles. The van der Waals surface area contributed by atoms with Crippen molar-refractivity contribution in [3.8, 4) is 0 Å². The van der Waals surface area contributed by atoms with E-state index in [1.807, 2.05) is 13.0 Å². The van der Waals surface area contributed by atoms with E-state index in [1.165, 1.54) is 18.4 Å². The zero-order valence-electron chi connectivity index (χ0n) is 17.6. The number of unbranched alkanes of at least 4 members (excludes halogenated alkanes) is 7. The lowest BCUT2D eigenvalue weighted by Gasteiger charge is -2.03. The maximum Gasteiger partial charge on any atom is 0.303 e. The highest BCUT2D eigenvalue weighted by Crippen LogP contribution is 2.14. The summed E-state index contributed by atoms with van der Waals surface area (Å²) in [4.78, 5) is 34.9. The summed E-state index contributed by atoms with van der Waals surface area (Å²) in [5, 5.41) is 11.9. The van der Waals surface area contributed by atoms with Crippen LogP contribution in [0.3, 0.4) is 0 Å². The van der Waals surface area contributed by atoms with Gasteiger partial charge in [-0.15, -0.1) is 0 Å². The van der Waals surface area contributed by atoms with Gasteiger partial charge in [-0.1, -0.05) is 50.2 Å². The molecule has 2 N–H and O–H groups in total. The lowest BCUT2D eigenvalue weighted by atomic mass is 10.1. The number of nitrogens with one attached hydrogen (secondary N) is 1. The Hall–Kier alpha value is -2.89. The van der Waals surface area contributed by atoms with E-state index in [4.69, 9.17) is 9.52 Å². The lowest BCUT2D eigenvalue weighted by Crippen LogP contribution is -2.22. The van der Waals surface area contributed by atoms with E-state index in [0.29, 0.717) is 23.1 Å². The van der Waals surface area contributed by atoms with Gasteiger partial charge in [0.05, 0.1) is 10.9 Å². The molecule has 1 heterocycles. The predicted octanol–water partition coefficient (Wildman–Crippen LogP) is 4.83. The number of fused-ring (bicyclic) bond motifs is 1. The molecule has 1 amide bonds. The standard InChI is InChI=1S/C24H31NO5/c1-18-11-13-21-20(16-18)24(29)19(17-30-21)12-14-22(26)25-15-9-7-5-3-2-4-6-8-10-23(27)28/h11-14,16-17H,2-10,15H2,1H3,(H,25,26)(H,27,28)/b14-12+. The molecule has 1 aromatic carbocycles. The van der Waals surface area contributed by atoms with Crippen LogP contribution in [0.5, 0.6) is 0 Å². The Morgan fingerprint density at radius 1 is 1.03 bits per heavy atom. The smallest absolute Gasteiger partial charge is 0.303 e. The molecular formula is C24H31NO5. The van der Waals surface area contributed by atoms with Crippen LogP contribution < -0.4 is 10.7 Å². The molecule has 0 aliphatic carbocycles. The molecule has 0 bridgehead atoms. The maximum absolute atomic E-state index is 12.5. The van der Waals surface area contributed by atoms with Crippen LogP contribution in [-0.2, 0) is 9.59 Å². The third-order valence-corrected chi connectivity index (χ3v) is 4.99. The SMILES string of the molecule is Cc1ccc2occ(/C=C/C(=O)NCCCCCCCCCCC(=O)O)c(=O)c2c1. The van der Waals surface area contributed by atoms with Gasteiger partial charge in [-0.3, -0.25) is 14.4 Å². The van der Waals surface area contributed by atoms with E-state index in [-0.39, 0.29) is 17.8 Å². The number of carboxylic acid groups (broad SMARTS) is 1. The van der Waals surface area contributed by atoms with E-state index in [1.54, 1.807) is 12.1 Å². The molecule has 2 rings (SSSR count). The largest absolute Gasteiger partial charge is 0.481 e. The molecule has 6 nitrogen and oxygen atoms in total. The summed E-state index contributed by atoms with van der Waals surface area (Å²) in [7, 11) is 0. The second-order valence-corrected chi connectivity index (χ2v) is 7.62. The zero-order valence-corrected chi connectivity index (χ0v) is 17.6. The topological polar surface area (TPSA) is 96.6 Å². The van der Waals surface area contributed by atoms with E-state index in [9.17, 15) is 14.4 Å². The Kier molecular flexibility index (Phi) is 9.84. The number of hydrogen-bond acceptors (Lipinski definition) is 4. The molecule has 0 radical (unpaired) electrons. The van der Waals surface area contributed by atoms with Crippen LogP contribution in [0.25, 0.3) is 17.0 Å². The third kappa shape index (κ3) is 8.23. The molecule has 162 valence electrons. The Morgan fingerprint density at radius 2 is 1.70 bits per heavy atom. The summed E-state index contributed by atoms with van der Waals surface area (Å²) >= 11 is 0. The second kappa shape index (κ2) is 12.6. The Bertz CT molecular complexity index is 929. The quantitative estimate of drug-likeness (QED) is 0.362. The van der Waals surface area contributed by atoms with Crippen LogP contribution in [0.4, 0.5) is 0 Å². The highest BCUT2D eigenvalue weighted by atomic mass is 16.4. The summed E-state index contributed by atoms with van der Waals surface area (Å²) in [6.45, 7) is 2.52. The molecule has 0 fully saturated rings. The van der Waals surface area contributed by atoms with Gasteiger partial charge >= 0.3 is 5.97 Å². The lowest BCUT2D eigenvalue weighted by molar-refractivity contribution is -0.137. The van der Waals surface area contributed by atoms with Crippen molar-refractivity contribution in [2.45, 2.75) is 64.7 Å². The van der Waals surface area contributed by atoms with Gasteiger partial charge in [0, 0.05) is 19.0 Å². The summed E-state index contributed by atoms with van der Waals surface area (Å²) < 4.78 is 5.48. The first kappa shape index (κ1) is 23.4. The van der Waals surface area contributed by atoms with E-state index >= 15 is 0 Å². The number of carbonyl (C=O) groups is 2. The Morgan fingerprint density at radius 3 is 2.40 bits per heavy atom. The van der Waals surface area contributed by atoms with Crippen LogP contribution in [-0.4, -0.2) is 23.5 Å². The van der Waals surface area contributed by atoms with Crippen molar-refractivity contribution in [2.75, 3.05) is 6.54 Å². The fourth-order valence-corrected chi connectivity index (χ4v) is 3.27. The van der Waals surface area contributed by atoms with Gasteiger partial charge in [-0.05, 0) is 38.0 Å². The van der Waals surface area contributed by atoms with Crippen LogP contribution in [0, 0.1) is 6.92 Å².